The first-order valence-electron chi connectivity index (χ1n) is 7.31. The molecule has 0 atom stereocenters. The number of aliphatic hydroxyl groups is 1. The third-order valence-electron chi connectivity index (χ3n) is 4.22. The largest absolute Gasteiger partial charge is 0.394 e. The molecule has 1 heterocycles. The second-order valence-electron chi connectivity index (χ2n) is 5.63. The van der Waals surface area contributed by atoms with Crippen molar-refractivity contribution in [3.8, 4) is 10.4 Å². The van der Waals surface area contributed by atoms with E-state index in [2.05, 4.69) is 41.7 Å². The molecule has 1 aromatic heterocycles. The zero-order chi connectivity index (χ0) is 13.8. The highest BCUT2D eigenvalue weighted by molar-refractivity contribution is 7.15. The first-order chi connectivity index (χ1) is 9.81. The average Bonchev–Trinajstić information content (AvgIpc) is 3.16. The van der Waals surface area contributed by atoms with Crippen molar-refractivity contribution in [1.82, 2.24) is 5.32 Å². The van der Waals surface area contributed by atoms with Gasteiger partial charge in [0.25, 0.3) is 0 Å². The van der Waals surface area contributed by atoms with Crippen molar-refractivity contribution >= 4 is 11.3 Å². The predicted octanol–water partition coefficient (Wildman–Crippen LogP) is 3.81. The Morgan fingerprint density at radius 2 is 1.80 bits per heavy atom. The Balaban J connectivity index is 1.66. The highest BCUT2D eigenvalue weighted by Crippen LogP contribution is 2.31. The Hall–Kier alpha value is -1.16. The van der Waals surface area contributed by atoms with Crippen molar-refractivity contribution in [3.05, 3.63) is 47.3 Å². The quantitative estimate of drug-likeness (QED) is 0.876. The number of benzene rings is 1. The van der Waals surface area contributed by atoms with Gasteiger partial charge in [0.2, 0.25) is 0 Å². The molecule has 1 saturated carbocycles. The molecule has 0 radical (unpaired) electrons. The number of thiophene rings is 1. The lowest BCUT2D eigenvalue weighted by Crippen LogP contribution is -2.45. The minimum atomic E-state index is -0.0309. The summed E-state index contributed by atoms with van der Waals surface area (Å²) in [7, 11) is 0. The summed E-state index contributed by atoms with van der Waals surface area (Å²) < 4.78 is 0. The van der Waals surface area contributed by atoms with Crippen LogP contribution in [0.5, 0.6) is 0 Å². The molecule has 0 unspecified atom stereocenters. The fourth-order valence-electron chi connectivity index (χ4n) is 2.95. The minimum absolute atomic E-state index is 0.0309. The topological polar surface area (TPSA) is 32.3 Å². The first kappa shape index (κ1) is 13.8. The van der Waals surface area contributed by atoms with Crippen molar-refractivity contribution in [2.75, 3.05) is 6.61 Å². The molecule has 1 fully saturated rings. The lowest BCUT2D eigenvalue weighted by Gasteiger charge is -2.27. The van der Waals surface area contributed by atoms with E-state index in [0.29, 0.717) is 0 Å². The van der Waals surface area contributed by atoms with Crippen LogP contribution in [0.2, 0.25) is 0 Å². The molecule has 2 aromatic rings. The van der Waals surface area contributed by atoms with Gasteiger partial charge in [-0.25, -0.2) is 0 Å². The molecule has 3 rings (SSSR count). The van der Waals surface area contributed by atoms with Gasteiger partial charge in [-0.05, 0) is 30.5 Å². The highest BCUT2D eigenvalue weighted by Gasteiger charge is 2.32. The summed E-state index contributed by atoms with van der Waals surface area (Å²) in [6.45, 7) is 1.11. The van der Waals surface area contributed by atoms with E-state index >= 15 is 0 Å². The maximum absolute atomic E-state index is 9.62. The molecule has 1 aliphatic carbocycles. The fourth-order valence-corrected chi connectivity index (χ4v) is 3.90. The number of aliphatic hydroxyl groups excluding tert-OH is 1. The summed E-state index contributed by atoms with van der Waals surface area (Å²) in [5.74, 6) is 0. The van der Waals surface area contributed by atoms with E-state index in [-0.39, 0.29) is 12.1 Å². The molecule has 2 nitrogen and oxygen atoms in total. The van der Waals surface area contributed by atoms with Gasteiger partial charge in [-0.2, -0.15) is 0 Å². The van der Waals surface area contributed by atoms with Gasteiger partial charge in [0, 0.05) is 21.8 Å². The number of nitrogens with one attached hydrogen (secondary N) is 1. The standard InChI is InChI=1S/C17H21NOS/c19-13-17(10-4-5-11-17)18-12-15-8-9-16(20-15)14-6-2-1-3-7-14/h1-3,6-9,18-19H,4-5,10-13H2. The molecule has 0 spiro atoms. The maximum atomic E-state index is 9.62. The Morgan fingerprint density at radius 1 is 1.05 bits per heavy atom. The van der Waals surface area contributed by atoms with Gasteiger partial charge in [-0.15, -0.1) is 11.3 Å². The molecule has 0 aliphatic heterocycles. The summed E-state index contributed by atoms with van der Waals surface area (Å²) >= 11 is 1.83. The van der Waals surface area contributed by atoms with Crippen LogP contribution in [0.15, 0.2) is 42.5 Å². The van der Waals surface area contributed by atoms with Crippen LogP contribution >= 0.6 is 11.3 Å². The summed E-state index contributed by atoms with van der Waals surface area (Å²) in [5.41, 5.74) is 1.25. The Bertz CT molecular complexity index is 543. The second-order valence-corrected chi connectivity index (χ2v) is 6.80. The predicted molar refractivity (Wildman–Crippen MR) is 84.9 cm³/mol. The zero-order valence-corrected chi connectivity index (χ0v) is 12.5. The van der Waals surface area contributed by atoms with E-state index in [1.807, 2.05) is 17.4 Å². The minimum Gasteiger partial charge on any atom is -0.394 e. The van der Waals surface area contributed by atoms with E-state index in [1.54, 1.807) is 0 Å². The van der Waals surface area contributed by atoms with Gasteiger partial charge in [-0.1, -0.05) is 43.2 Å². The first-order valence-corrected chi connectivity index (χ1v) is 8.13. The molecule has 0 saturated heterocycles. The van der Waals surface area contributed by atoms with E-state index in [1.165, 1.54) is 28.2 Å². The SMILES string of the molecule is OCC1(NCc2ccc(-c3ccccc3)s2)CCCC1. The van der Waals surface area contributed by atoms with Crippen molar-refractivity contribution in [3.63, 3.8) is 0 Å². The summed E-state index contributed by atoms with van der Waals surface area (Å²) in [4.78, 5) is 2.65. The van der Waals surface area contributed by atoms with Crippen LogP contribution in [0.4, 0.5) is 0 Å². The normalized spacial score (nSPS) is 17.4. The Morgan fingerprint density at radius 3 is 2.50 bits per heavy atom. The van der Waals surface area contributed by atoms with Crippen LogP contribution in [0.3, 0.4) is 0 Å². The molecule has 1 aromatic carbocycles. The molecule has 106 valence electrons. The monoisotopic (exact) mass is 287 g/mol. The van der Waals surface area contributed by atoms with Crippen molar-refractivity contribution < 1.29 is 5.11 Å². The fraction of sp³-hybridized carbons (Fsp3) is 0.412. The molecule has 0 bridgehead atoms. The van der Waals surface area contributed by atoms with Gasteiger partial charge < -0.3 is 10.4 Å². The highest BCUT2D eigenvalue weighted by atomic mass is 32.1. The van der Waals surface area contributed by atoms with Crippen LogP contribution in [0, 0.1) is 0 Å². The summed E-state index contributed by atoms with van der Waals surface area (Å²) in [6.07, 6.45) is 4.65. The Labute approximate surface area is 124 Å². The van der Waals surface area contributed by atoms with E-state index in [0.717, 1.165) is 19.4 Å². The van der Waals surface area contributed by atoms with E-state index in [9.17, 15) is 5.11 Å². The van der Waals surface area contributed by atoms with Crippen LogP contribution in [-0.4, -0.2) is 17.3 Å². The zero-order valence-electron chi connectivity index (χ0n) is 11.6. The third kappa shape index (κ3) is 2.95. The number of hydrogen-bond donors (Lipinski definition) is 2. The van der Waals surface area contributed by atoms with Crippen molar-refractivity contribution in [2.45, 2.75) is 37.8 Å². The van der Waals surface area contributed by atoms with E-state index < -0.39 is 0 Å². The molecule has 20 heavy (non-hydrogen) atoms. The second kappa shape index (κ2) is 6.08. The van der Waals surface area contributed by atoms with Crippen LogP contribution in [0.25, 0.3) is 10.4 Å². The Kier molecular flexibility index (Phi) is 4.20. The molecular formula is C17H21NOS. The van der Waals surface area contributed by atoms with Crippen molar-refractivity contribution in [1.29, 1.82) is 0 Å². The molecule has 0 amide bonds. The number of hydrogen-bond acceptors (Lipinski definition) is 3. The summed E-state index contributed by atoms with van der Waals surface area (Å²) in [6, 6.07) is 14.9. The van der Waals surface area contributed by atoms with Gasteiger partial charge in [0.15, 0.2) is 0 Å². The third-order valence-corrected chi connectivity index (χ3v) is 5.36. The molecule has 1 aliphatic rings. The molecule has 3 heteroatoms. The molecular weight excluding hydrogens is 266 g/mol. The van der Waals surface area contributed by atoms with Gasteiger partial charge >= 0.3 is 0 Å². The lowest BCUT2D eigenvalue weighted by atomic mass is 9.99. The van der Waals surface area contributed by atoms with Crippen molar-refractivity contribution in [2.24, 2.45) is 0 Å². The average molecular weight is 287 g/mol. The van der Waals surface area contributed by atoms with Crippen LogP contribution in [0.1, 0.15) is 30.6 Å². The smallest absolute Gasteiger partial charge is 0.0613 e. The van der Waals surface area contributed by atoms with E-state index in [4.69, 9.17) is 0 Å². The van der Waals surface area contributed by atoms with Crippen LogP contribution < -0.4 is 5.32 Å². The lowest BCUT2D eigenvalue weighted by molar-refractivity contribution is 0.163. The van der Waals surface area contributed by atoms with Gasteiger partial charge in [0.1, 0.15) is 0 Å². The number of rotatable bonds is 5. The van der Waals surface area contributed by atoms with Gasteiger partial charge in [0.05, 0.1) is 6.61 Å². The summed E-state index contributed by atoms with van der Waals surface area (Å²) in [5, 5.41) is 13.2. The molecule has 2 N–H and O–H groups in total. The van der Waals surface area contributed by atoms with Gasteiger partial charge in [-0.3, -0.25) is 0 Å². The maximum Gasteiger partial charge on any atom is 0.0613 e. The van der Waals surface area contributed by atoms with Crippen LogP contribution in [-0.2, 0) is 6.54 Å².